The van der Waals surface area contributed by atoms with E-state index in [4.69, 9.17) is 21.1 Å². The van der Waals surface area contributed by atoms with Gasteiger partial charge in [0.1, 0.15) is 5.82 Å². The van der Waals surface area contributed by atoms with Crippen LogP contribution in [-0.2, 0) is 0 Å². The van der Waals surface area contributed by atoms with E-state index in [0.29, 0.717) is 23.0 Å². The average molecular weight is 245 g/mol. The van der Waals surface area contributed by atoms with E-state index < -0.39 is 0 Å². The zero-order chi connectivity index (χ0) is 11.7. The van der Waals surface area contributed by atoms with E-state index in [2.05, 4.69) is 0 Å². The van der Waals surface area contributed by atoms with Gasteiger partial charge < -0.3 is 9.47 Å². The third kappa shape index (κ3) is 2.09. The zero-order valence-electron chi connectivity index (χ0n) is 9.30. The first-order chi connectivity index (χ1) is 7.67. The summed E-state index contributed by atoms with van der Waals surface area (Å²) in [7, 11) is 3.01. The summed E-state index contributed by atoms with van der Waals surface area (Å²) in [5, 5.41) is -0.264. The molecular weight excluding hydrogens is 231 g/mol. The smallest absolute Gasteiger partial charge is 0.163 e. The summed E-state index contributed by atoms with van der Waals surface area (Å²) in [6.45, 7) is 0. The highest BCUT2D eigenvalue weighted by atomic mass is 35.5. The van der Waals surface area contributed by atoms with Gasteiger partial charge in [0.05, 0.1) is 19.6 Å². The third-order valence-electron chi connectivity index (χ3n) is 2.84. The van der Waals surface area contributed by atoms with Crippen molar-refractivity contribution in [3.8, 4) is 11.5 Å². The molecule has 1 saturated carbocycles. The van der Waals surface area contributed by atoms with Crippen LogP contribution in [0.3, 0.4) is 0 Å². The summed E-state index contributed by atoms with van der Waals surface area (Å²) in [5.41, 5.74) is 0.502. The number of hydrogen-bond acceptors (Lipinski definition) is 2. The Morgan fingerprint density at radius 3 is 2.31 bits per heavy atom. The van der Waals surface area contributed by atoms with Crippen LogP contribution in [0.4, 0.5) is 4.39 Å². The van der Waals surface area contributed by atoms with Crippen LogP contribution in [0.5, 0.6) is 11.5 Å². The summed E-state index contributed by atoms with van der Waals surface area (Å²) in [6.07, 6.45) is 2.14. The lowest BCUT2D eigenvalue weighted by Gasteiger charge is -2.14. The molecule has 1 aromatic carbocycles. The van der Waals surface area contributed by atoms with Gasteiger partial charge in [-0.15, -0.1) is 11.6 Å². The second kappa shape index (κ2) is 4.50. The highest BCUT2D eigenvalue weighted by molar-refractivity contribution is 6.21. The molecule has 1 aliphatic carbocycles. The Hall–Kier alpha value is -0.960. The van der Waals surface area contributed by atoms with Gasteiger partial charge in [-0.2, -0.15) is 0 Å². The van der Waals surface area contributed by atoms with Gasteiger partial charge in [-0.25, -0.2) is 4.39 Å². The Kier molecular flexibility index (Phi) is 3.24. The van der Waals surface area contributed by atoms with Gasteiger partial charge in [0.15, 0.2) is 11.5 Å². The Balaban J connectivity index is 2.37. The van der Waals surface area contributed by atoms with Gasteiger partial charge in [0.25, 0.3) is 0 Å². The number of methoxy groups -OCH3 is 2. The predicted octanol–water partition coefficient (Wildman–Crippen LogP) is 3.53. The Labute approximate surface area is 99.3 Å². The van der Waals surface area contributed by atoms with Crippen LogP contribution < -0.4 is 9.47 Å². The molecular formula is C12H14ClFO2. The summed E-state index contributed by atoms with van der Waals surface area (Å²) < 4.78 is 23.9. The third-order valence-corrected chi connectivity index (χ3v) is 3.43. The molecule has 1 fully saturated rings. The van der Waals surface area contributed by atoms with E-state index >= 15 is 0 Å². The molecule has 4 heteroatoms. The maximum Gasteiger partial charge on any atom is 0.163 e. The normalized spacial score (nSPS) is 17.0. The highest BCUT2D eigenvalue weighted by Crippen LogP contribution is 2.47. The molecule has 16 heavy (non-hydrogen) atoms. The van der Waals surface area contributed by atoms with E-state index in [9.17, 15) is 4.39 Å². The summed E-state index contributed by atoms with van der Waals surface area (Å²) >= 11 is 6.20. The molecule has 1 aromatic rings. The molecule has 1 atom stereocenters. The quantitative estimate of drug-likeness (QED) is 0.755. The van der Waals surface area contributed by atoms with Crippen molar-refractivity contribution in [3.63, 3.8) is 0 Å². The zero-order valence-corrected chi connectivity index (χ0v) is 10.1. The van der Waals surface area contributed by atoms with Crippen LogP contribution >= 0.6 is 11.6 Å². The van der Waals surface area contributed by atoms with E-state index in [1.54, 1.807) is 6.07 Å². The van der Waals surface area contributed by atoms with Crippen molar-refractivity contribution < 1.29 is 13.9 Å². The van der Waals surface area contributed by atoms with Gasteiger partial charge in [-0.1, -0.05) is 0 Å². The summed E-state index contributed by atoms with van der Waals surface area (Å²) in [4.78, 5) is 0. The minimum Gasteiger partial charge on any atom is -0.493 e. The molecule has 2 nitrogen and oxygen atoms in total. The number of hydrogen-bond donors (Lipinski definition) is 0. The fourth-order valence-electron chi connectivity index (χ4n) is 1.72. The van der Waals surface area contributed by atoms with Crippen molar-refractivity contribution >= 4 is 11.6 Å². The molecule has 0 aliphatic heterocycles. The van der Waals surface area contributed by atoms with Crippen molar-refractivity contribution in [3.05, 3.63) is 23.5 Å². The van der Waals surface area contributed by atoms with Crippen LogP contribution in [0, 0.1) is 11.7 Å². The van der Waals surface area contributed by atoms with E-state index in [-0.39, 0.29) is 11.2 Å². The van der Waals surface area contributed by atoms with Crippen molar-refractivity contribution in [2.45, 2.75) is 18.2 Å². The van der Waals surface area contributed by atoms with Gasteiger partial charge in [-0.3, -0.25) is 0 Å². The number of benzene rings is 1. The first kappa shape index (κ1) is 11.5. The minimum absolute atomic E-state index is 0.264. The molecule has 0 spiro atoms. The first-order valence-electron chi connectivity index (χ1n) is 5.23. The molecule has 0 radical (unpaired) electrons. The predicted molar refractivity (Wildman–Crippen MR) is 60.8 cm³/mol. The van der Waals surface area contributed by atoms with Crippen LogP contribution in [0.2, 0.25) is 0 Å². The second-order valence-electron chi connectivity index (χ2n) is 3.97. The van der Waals surface area contributed by atoms with E-state index in [1.165, 1.54) is 20.3 Å². The standard InChI is InChI=1S/C12H14ClFO2/c1-15-10-5-8(12(13)7-3-4-7)9(14)6-11(10)16-2/h5-7,12H,3-4H2,1-2H3. The fourth-order valence-corrected chi connectivity index (χ4v) is 2.14. The minimum atomic E-state index is -0.329. The molecule has 1 aliphatic rings. The monoisotopic (exact) mass is 244 g/mol. The van der Waals surface area contributed by atoms with Crippen molar-refractivity contribution in [2.75, 3.05) is 14.2 Å². The summed E-state index contributed by atoms with van der Waals surface area (Å²) in [6, 6.07) is 2.95. The SMILES string of the molecule is COc1cc(F)c(C(Cl)C2CC2)cc1OC. The lowest BCUT2D eigenvalue weighted by atomic mass is 10.1. The largest absolute Gasteiger partial charge is 0.493 e. The molecule has 2 rings (SSSR count). The Morgan fingerprint density at radius 2 is 1.81 bits per heavy atom. The van der Waals surface area contributed by atoms with Gasteiger partial charge >= 0.3 is 0 Å². The lowest BCUT2D eigenvalue weighted by Crippen LogP contribution is -2.00. The van der Waals surface area contributed by atoms with Gasteiger partial charge in [-0.05, 0) is 24.8 Å². The van der Waals surface area contributed by atoms with Crippen molar-refractivity contribution in [2.24, 2.45) is 5.92 Å². The highest BCUT2D eigenvalue weighted by Gasteiger charge is 2.33. The lowest BCUT2D eigenvalue weighted by molar-refractivity contribution is 0.351. The molecule has 88 valence electrons. The molecule has 0 amide bonds. The summed E-state index contributed by atoms with van der Waals surface area (Å²) in [5.74, 6) is 0.979. The molecule has 0 saturated heterocycles. The van der Waals surface area contributed by atoms with E-state index in [0.717, 1.165) is 12.8 Å². The molecule has 0 bridgehead atoms. The fraction of sp³-hybridized carbons (Fsp3) is 0.500. The van der Waals surface area contributed by atoms with E-state index in [1.807, 2.05) is 0 Å². The Morgan fingerprint density at radius 1 is 1.25 bits per heavy atom. The van der Waals surface area contributed by atoms with Crippen molar-refractivity contribution in [1.82, 2.24) is 0 Å². The van der Waals surface area contributed by atoms with Crippen LogP contribution in [-0.4, -0.2) is 14.2 Å². The van der Waals surface area contributed by atoms with Crippen LogP contribution in [0.1, 0.15) is 23.8 Å². The maximum absolute atomic E-state index is 13.8. The maximum atomic E-state index is 13.8. The number of alkyl halides is 1. The number of rotatable bonds is 4. The number of ether oxygens (including phenoxy) is 2. The van der Waals surface area contributed by atoms with Crippen LogP contribution in [0.25, 0.3) is 0 Å². The Bertz CT molecular complexity index is 391. The molecule has 0 N–H and O–H groups in total. The van der Waals surface area contributed by atoms with Crippen molar-refractivity contribution in [1.29, 1.82) is 0 Å². The second-order valence-corrected chi connectivity index (χ2v) is 4.44. The van der Waals surface area contributed by atoms with Gasteiger partial charge in [0.2, 0.25) is 0 Å². The topological polar surface area (TPSA) is 18.5 Å². The number of halogens is 2. The molecule has 0 aromatic heterocycles. The van der Waals surface area contributed by atoms with Gasteiger partial charge in [0, 0.05) is 11.6 Å². The van der Waals surface area contributed by atoms with Crippen LogP contribution in [0.15, 0.2) is 12.1 Å². The average Bonchev–Trinajstić information content (AvgIpc) is 3.11. The first-order valence-corrected chi connectivity index (χ1v) is 5.66. The molecule has 0 heterocycles. The molecule has 1 unspecified atom stereocenters.